The number of anilines is 1. The molecule has 1 aromatic heterocycles. The highest BCUT2D eigenvalue weighted by Gasteiger charge is 2.01. The second-order valence-corrected chi connectivity index (χ2v) is 4.09. The maximum absolute atomic E-state index is 11.2. The number of hydrogen-bond donors (Lipinski definition) is 1. The van der Waals surface area contributed by atoms with Crippen LogP contribution in [0.2, 0.25) is 0 Å². The summed E-state index contributed by atoms with van der Waals surface area (Å²) in [4.78, 5) is 15.2. The molecule has 0 fully saturated rings. The van der Waals surface area contributed by atoms with Gasteiger partial charge in [-0.05, 0) is 24.6 Å². The first-order valence-corrected chi connectivity index (χ1v) is 6.22. The average Bonchev–Trinajstić information content (AvgIpc) is 2.91. The van der Waals surface area contributed by atoms with Crippen molar-refractivity contribution in [1.82, 2.24) is 9.55 Å². The third kappa shape index (κ3) is 4.13. The third-order valence-electron chi connectivity index (χ3n) is 2.62. The van der Waals surface area contributed by atoms with Crippen molar-refractivity contribution >= 4 is 11.7 Å². The van der Waals surface area contributed by atoms with Gasteiger partial charge >= 0.3 is 5.97 Å². The highest BCUT2D eigenvalue weighted by molar-refractivity contribution is 5.74. The summed E-state index contributed by atoms with van der Waals surface area (Å²) >= 11 is 0. The fourth-order valence-corrected chi connectivity index (χ4v) is 1.71. The monoisotopic (exact) mass is 259 g/mol. The second-order valence-electron chi connectivity index (χ2n) is 4.09. The zero-order valence-electron chi connectivity index (χ0n) is 10.9. The summed E-state index contributed by atoms with van der Waals surface area (Å²) in [6.45, 7) is 3.18. The molecule has 19 heavy (non-hydrogen) atoms. The maximum atomic E-state index is 11.2. The fraction of sp³-hybridized carbons (Fsp3) is 0.286. The predicted molar refractivity (Wildman–Crippen MR) is 72.9 cm³/mol. The number of carbonyl (C=O) groups is 1. The number of hydrogen-bond acceptors (Lipinski definition) is 4. The summed E-state index contributed by atoms with van der Waals surface area (Å²) in [7, 11) is 0. The molecule has 0 bridgehead atoms. The van der Waals surface area contributed by atoms with Gasteiger partial charge < -0.3 is 14.6 Å². The number of nitrogens with zero attached hydrogens (tertiary/aromatic N) is 2. The third-order valence-corrected chi connectivity index (χ3v) is 2.62. The first-order valence-electron chi connectivity index (χ1n) is 6.22. The van der Waals surface area contributed by atoms with Crippen LogP contribution in [0, 0.1) is 0 Å². The Hall–Kier alpha value is -2.30. The van der Waals surface area contributed by atoms with Crippen LogP contribution < -0.4 is 5.32 Å². The molecule has 2 aromatic rings. The molecule has 0 aliphatic heterocycles. The van der Waals surface area contributed by atoms with Crippen LogP contribution in [0.15, 0.2) is 43.0 Å². The molecule has 0 radical (unpaired) electrons. The summed E-state index contributed by atoms with van der Waals surface area (Å²) in [5.41, 5.74) is 2.09. The zero-order valence-corrected chi connectivity index (χ0v) is 10.9. The lowest BCUT2D eigenvalue weighted by atomic mass is 10.2. The van der Waals surface area contributed by atoms with Crippen LogP contribution in [0.5, 0.6) is 0 Å². The Morgan fingerprint density at radius 3 is 2.79 bits per heavy atom. The van der Waals surface area contributed by atoms with E-state index < -0.39 is 0 Å². The van der Waals surface area contributed by atoms with Gasteiger partial charge in [-0.25, -0.2) is 4.98 Å². The number of aromatic nitrogens is 2. The first kappa shape index (κ1) is 13.1. The minimum atomic E-state index is -0.245. The van der Waals surface area contributed by atoms with Gasteiger partial charge in [0, 0.05) is 24.6 Å². The summed E-state index contributed by atoms with van der Waals surface area (Å²) < 4.78 is 6.85. The molecule has 0 atom stereocenters. The molecule has 0 aliphatic rings. The maximum Gasteiger partial charge on any atom is 0.325 e. The largest absolute Gasteiger partial charge is 0.465 e. The minimum absolute atomic E-state index is 0.189. The van der Waals surface area contributed by atoms with Gasteiger partial charge in [-0.3, -0.25) is 4.79 Å². The van der Waals surface area contributed by atoms with E-state index in [2.05, 4.69) is 10.3 Å². The fourth-order valence-electron chi connectivity index (χ4n) is 1.71. The summed E-state index contributed by atoms with van der Waals surface area (Å²) in [5.74, 6) is -0.245. The Bertz CT molecular complexity index is 506. The Balaban J connectivity index is 1.86. The van der Waals surface area contributed by atoms with Crippen molar-refractivity contribution in [2.24, 2.45) is 0 Å². The van der Waals surface area contributed by atoms with Crippen molar-refractivity contribution in [1.29, 1.82) is 0 Å². The number of imidazole rings is 1. The molecule has 0 amide bonds. The standard InChI is InChI=1S/C14H17N3O2/c1-2-19-14(18)9-16-13-5-3-12(4-6-13)10-17-8-7-15-11-17/h3-8,11,16H,2,9-10H2,1H3. The van der Waals surface area contributed by atoms with Crippen molar-refractivity contribution < 1.29 is 9.53 Å². The van der Waals surface area contributed by atoms with Crippen LogP contribution in [0.4, 0.5) is 5.69 Å². The molecular formula is C14H17N3O2. The minimum Gasteiger partial charge on any atom is -0.465 e. The van der Waals surface area contributed by atoms with Crippen LogP contribution >= 0.6 is 0 Å². The molecule has 100 valence electrons. The van der Waals surface area contributed by atoms with Crippen LogP contribution in [-0.2, 0) is 16.1 Å². The number of rotatable bonds is 6. The number of benzene rings is 1. The molecule has 1 aromatic carbocycles. The van der Waals surface area contributed by atoms with Gasteiger partial charge in [0.15, 0.2) is 0 Å². The van der Waals surface area contributed by atoms with Crippen molar-refractivity contribution in [3.05, 3.63) is 48.5 Å². The molecule has 0 saturated carbocycles. The molecule has 5 nitrogen and oxygen atoms in total. The van der Waals surface area contributed by atoms with E-state index in [-0.39, 0.29) is 12.5 Å². The molecule has 5 heteroatoms. The predicted octanol–water partition coefficient (Wildman–Crippen LogP) is 1.91. The average molecular weight is 259 g/mol. The Labute approximate surface area is 112 Å². The summed E-state index contributed by atoms with van der Waals surface area (Å²) in [5, 5.41) is 3.02. The molecule has 0 spiro atoms. The summed E-state index contributed by atoms with van der Waals surface area (Å²) in [6, 6.07) is 7.94. The van der Waals surface area contributed by atoms with Gasteiger partial charge in [-0.15, -0.1) is 0 Å². The smallest absolute Gasteiger partial charge is 0.325 e. The summed E-state index contributed by atoms with van der Waals surface area (Å²) in [6.07, 6.45) is 5.47. The highest BCUT2D eigenvalue weighted by Crippen LogP contribution is 2.10. The van der Waals surface area contributed by atoms with Gasteiger partial charge in [0.1, 0.15) is 6.54 Å². The molecular weight excluding hydrogens is 242 g/mol. The zero-order chi connectivity index (χ0) is 13.5. The van der Waals surface area contributed by atoms with E-state index in [1.165, 1.54) is 5.56 Å². The van der Waals surface area contributed by atoms with E-state index in [4.69, 9.17) is 4.74 Å². The molecule has 0 aliphatic carbocycles. The van der Waals surface area contributed by atoms with E-state index in [1.807, 2.05) is 35.0 Å². The number of nitrogens with one attached hydrogen (secondary N) is 1. The lowest BCUT2D eigenvalue weighted by molar-refractivity contribution is -0.140. The lowest BCUT2D eigenvalue weighted by Gasteiger charge is -2.07. The van der Waals surface area contributed by atoms with Gasteiger partial charge in [0.25, 0.3) is 0 Å². The van der Waals surface area contributed by atoms with Crippen LogP contribution in [0.25, 0.3) is 0 Å². The molecule has 1 heterocycles. The number of esters is 1. The van der Waals surface area contributed by atoms with E-state index in [1.54, 1.807) is 19.4 Å². The van der Waals surface area contributed by atoms with E-state index >= 15 is 0 Å². The van der Waals surface area contributed by atoms with E-state index in [0.717, 1.165) is 12.2 Å². The van der Waals surface area contributed by atoms with Crippen LogP contribution in [-0.4, -0.2) is 28.7 Å². The highest BCUT2D eigenvalue weighted by atomic mass is 16.5. The number of ether oxygens (including phenoxy) is 1. The van der Waals surface area contributed by atoms with Gasteiger partial charge in [0.2, 0.25) is 0 Å². The quantitative estimate of drug-likeness (QED) is 0.805. The van der Waals surface area contributed by atoms with E-state index in [9.17, 15) is 4.79 Å². The van der Waals surface area contributed by atoms with Crippen molar-refractivity contribution in [2.75, 3.05) is 18.5 Å². The first-order chi connectivity index (χ1) is 9.28. The van der Waals surface area contributed by atoms with Gasteiger partial charge in [0.05, 0.1) is 12.9 Å². The Morgan fingerprint density at radius 1 is 1.37 bits per heavy atom. The SMILES string of the molecule is CCOC(=O)CNc1ccc(Cn2ccnc2)cc1. The van der Waals surface area contributed by atoms with E-state index in [0.29, 0.717) is 6.61 Å². The molecule has 1 N–H and O–H groups in total. The van der Waals surface area contributed by atoms with Crippen molar-refractivity contribution in [2.45, 2.75) is 13.5 Å². The number of carbonyl (C=O) groups excluding carboxylic acids is 1. The van der Waals surface area contributed by atoms with Crippen LogP contribution in [0.3, 0.4) is 0 Å². The topological polar surface area (TPSA) is 56.1 Å². The Kier molecular flexibility index (Phi) is 4.55. The lowest BCUT2D eigenvalue weighted by Crippen LogP contribution is -2.16. The van der Waals surface area contributed by atoms with Crippen molar-refractivity contribution in [3.8, 4) is 0 Å². The molecule has 0 saturated heterocycles. The van der Waals surface area contributed by atoms with Gasteiger partial charge in [-0.2, -0.15) is 0 Å². The molecule has 0 unspecified atom stereocenters. The Morgan fingerprint density at radius 2 is 2.16 bits per heavy atom. The van der Waals surface area contributed by atoms with Crippen LogP contribution in [0.1, 0.15) is 12.5 Å². The van der Waals surface area contributed by atoms with Crippen molar-refractivity contribution in [3.63, 3.8) is 0 Å². The second kappa shape index (κ2) is 6.58. The normalized spacial score (nSPS) is 10.2. The molecule has 2 rings (SSSR count). The van der Waals surface area contributed by atoms with Gasteiger partial charge in [-0.1, -0.05) is 12.1 Å².